The van der Waals surface area contributed by atoms with E-state index in [0.29, 0.717) is 17.3 Å². The Balaban J connectivity index is 2.09. The summed E-state index contributed by atoms with van der Waals surface area (Å²) in [7, 11) is 0. The van der Waals surface area contributed by atoms with Crippen LogP contribution in [-0.2, 0) is 6.54 Å². The second kappa shape index (κ2) is 6.41. The van der Waals surface area contributed by atoms with Gasteiger partial charge in [0.2, 0.25) is 0 Å². The maximum absolute atomic E-state index is 14.1. The molecule has 1 N–H and O–H groups in total. The third-order valence-electron chi connectivity index (χ3n) is 2.73. The van der Waals surface area contributed by atoms with Crippen molar-refractivity contribution in [2.24, 2.45) is 0 Å². The molecule has 0 saturated heterocycles. The van der Waals surface area contributed by atoms with Gasteiger partial charge in [-0.2, -0.15) is 0 Å². The van der Waals surface area contributed by atoms with Gasteiger partial charge in [-0.05, 0) is 38.5 Å². The number of pyridine rings is 1. The Hall–Kier alpha value is -1.65. The average molecular weight is 309 g/mol. The lowest BCUT2D eigenvalue weighted by molar-refractivity contribution is 0.420. The third-order valence-corrected chi connectivity index (χ3v) is 2.93. The molecule has 0 atom stereocenters. The van der Waals surface area contributed by atoms with Gasteiger partial charge in [0.05, 0.1) is 11.2 Å². The molecule has 1 aromatic carbocycles. The first-order valence-electron chi connectivity index (χ1n) is 6.65. The molecule has 2 rings (SSSR count). The summed E-state index contributed by atoms with van der Waals surface area (Å²) in [5.41, 5.74) is 0.844. The van der Waals surface area contributed by atoms with E-state index in [1.807, 2.05) is 6.07 Å². The zero-order chi connectivity index (χ0) is 15.5. The lowest BCUT2D eigenvalue weighted by Crippen LogP contribution is -2.35. The minimum Gasteiger partial charge on any atom is -0.453 e. The van der Waals surface area contributed by atoms with Crippen LogP contribution in [0.4, 0.5) is 4.39 Å². The van der Waals surface area contributed by atoms with Gasteiger partial charge in [-0.1, -0.05) is 17.7 Å². The molecule has 0 aliphatic carbocycles. The van der Waals surface area contributed by atoms with Crippen LogP contribution >= 0.6 is 11.6 Å². The van der Waals surface area contributed by atoms with Gasteiger partial charge in [-0.15, -0.1) is 0 Å². The predicted molar refractivity (Wildman–Crippen MR) is 82.3 cm³/mol. The van der Waals surface area contributed by atoms with Crippen LogP contribution in [0.3, 0.4) is 0 Å². The summed E-state index contributed by atoms with van der Waals surface area (Å²) in [5.74, 6) is 0.142. The van der Waals surface area contributed by atoms with Crippen molar-refractivity contribution in [2.75, 3.05) is 0 Å². The number of ether oxygens (including phenoxy) is 1. The molecular weight excluding hydrogens is 291 g/mol. The molecule has 112 valence electrons. The van der Waals surface area contributed by atoms with E-state index in [9.17, 15) is 4.39 Å². The molecule has 0 unspecified atom stereocenters. The van der Waals surface area contributed by atoms with Crippen LogP contribution in [0.1, 0.15) is 26.3 Å². The summed E-state index contributed by atoms with van der Waals surface area (Å²) in [6, 6.07) is 6.49. The number of hydrogen-bond acceptors (Lipinski definition) is 3. The molecule has 1 aromatic heterocycles. The van der Waals surface area contributed by atoms with Gasteiger partial charge in [-0.3, -0.25) is 4.98 Å². The highest BCUT2D eigenvalue weighted by molar-refractivity contribution is 6.30. The van der Waals surface area contributed by atoms with E-state index in [-0.39, 0.29) is 11.3 Å². The van der Waals surface area contributed by atoms with Crippen molar-refractivity contribution in [1.29, 1.82) is 0 Å². The number of nitrogens with zero attached hydrogens (tertiary/aromatic N) is 1. The Kier molecular flexibility index (Phi) is 4.80. The quantitative estimate of drug-likeness (QED) is 0.899. The summed E-state index contributed by atoms with van der Waals surface area (Å²) >= 11 is 5.82. The number of benzene rings is 1. The standard InChI is InChI=1S/C16H18ClFN2O/c1-16(2,3)20-8-11-4-5-15(14(18)6-11)21-13-7-12(17)9-19-10-13/h4-7,9-10,20H,8H2,1-3H3. The number of halogens is 2. The molecule has 5 heteroatoms. The Morgan fingerprint density at radius 2 is 2.00 bits per heavy atom. The molecule has 0 aliphatic heterocycles. The van der Waals surface area contributed by atoms with Gasteiger partial charge in [0.25, 0.3) is 0 Å². The number of rotatable bonds is 4. The fourth-order valence-corrected chi connectivity index (χ4v) is 1.84. The third kappa shape index (κ3) is 4.99. The molecule has 0 fully saturated rings. The summed E-state index contributed by atoms with van der Waals surface area (Å²) in [4.78, 5) is 3.89. The Bertz CT molecular complexity index is 626. The predicted octanol–water partition coefficient (Wildman–Crippen LogP) is 4.55. The van der Waals surface area contributed by atoms with Crippen molar-refractivity contribution in [3.05, 3.63) is 53.1 Å². The highest BCUT2D eigenvalue weighted by Gasteiger charge is 2.11. The smallest absolute Gasteiger partial charge is 0.166 e. The van der Waals surface area contributed by atoms with E-state index in [1.54, 1.807) is 12.1 Å². The van der Waals surface area contributed by atoms with E-state index >= 15 is 0 Å². The van der Waals surface area contributed by atoms with Gasteiger partial charge >= 0.3 is 0 Å². The van der Waals surface area contributed by atoms with E-state index in [4.69, 9.17) is 16.3 Å². The van der Waals surface area contributed by atoms with Gasteiger partial charge in [0.15, 0.2) is 11.6 Å². The maximum atomic E-state index is 14.1. The second-order valence-electron chi connectivity index (χ2n) is 5.81. The molecule has 0 aliphatic rings. The van der Waals surface area contributed by atoms with Gasteiger partial charge in [0.1, 0.15) is 5.75 Å². The van der Waals surface area contributed by atoms with Crippen molar-refractivity contribution >= 4 is 11.6 Å². The van der Waals surface area contributed by atoms with E-state index in [2.05, 4.69) is 31.1 Å². The van der Waals surface area contributed by atoms with Crippen molar-refractivity contribution in [2.45, 2.75) is 32.9 Å². The first-order valence-corrected chi connectivity index (χ1v) is 7.03. The molecule has 0 spiro atoms. The van der Waals surface area contributed by atoms with Gasteiger partial charge in [-0.25, -0.2) is 4.39 Å². The minimum atomic E-state index is -0.414. The molecule has 0 radical (unpaired) electrons. The van der Waals surface area contributed by atoms with Crippen LogP contribution < -0.4 is 10.1 Å². The largest absolute Gasteiger partial charge is 0.453 e. The van der Waals surface area contributed by atoms with Crippen molar-refractivity contribution < 1.29 is 9.13 Å². The highest BCUT2D eigenvalue weighted by atomic mass is 35.5. The fourth-order valence-electron chi connectivity index (χ4n) is 1.68. The van der Waals surface area contributed by atoms with E-state index < -0.39 is 5.82 Å². The lowest BCUT2D eigenvalue weighted by atomic mass is 10.1. The topological polar surface area (TPSA) is 34.1 Å². The zero-order valence-electron chi connectivity index (χ0n) is 12.3. The molecule has 3 nitrogen and oxygen atoms in total. The van der Waals surface area contributed by atoms with Crippen LogP contribution in [0.2, 0.25) is 5.02 Å². The maximum Gasteiger partial charge on any atom is 0.166 e. The monoisotopic (exact) mass is 308 g/mol. The minimum absolute atomic E-state index is 0.0158. The average Bonchev–Trinajstić information content (AvgIpc) is 2.38. The van der Waals surface area contributed by atoms with Crippen molar-refractivity contribution in [3.63, 3.8) is 0 Å². The molecule has 2 aromatic rings. The van der Waals surface area contributed by atoms with Crippen molar-refractivity contribution in [3.8, 4) is 11.5 Å². The number of hydrogen-bond donors (Lipinski definition) is 1. The van der Waals surface area contributed by atoms with Gasteiger partial charge < -0.3 is 10.1 Å². The summed E-state index contributed by atoms with van der Waals surface area (Å²) in [6.45, 7) is 6.78. The lowest BCUT2D eigenvalue weighted by Gasteiger charge is -2.20. The SMILES string of the molecule is CC(C)(C)NCc1ccc(Oc2cncc(Cl)c2)c(F)c1. The number of nitrogens with one attached hydrogen (secondary N) is 1. The van der Waals surface area contributed by atoms with Crippen LogP contribution in [-0.4, -0.2) is 10.5 Å². The Morgan fingerprint density at radius 1 is 1.24 bits per heavy atom. The Morgan fingerprint density at radius 3 is 2.62 bits per heavy atom. The first-order chi connectivity index (χ1) is 9.83. The zero-order valence-corrected chi connectivity index (χ0v) is 13.0. The molecule has 0 saturated carbocycles. The highest BCUT2D eigenvalue weighted by Crippen LogP contribution is 2.26. The molecule has 1 heterocycles. The van der Waals surface area contributed by atoms with E-state index in [1.165, 1.54) is 18.5 Å². The normalized spacial score (nSPS) is 11.5. The Labute approximate surface area is 129 Å². The molecular formula is C16H18ClFN2O. The summed E-state index contributed by atoms with van der Waals surface area (Å²) < 4.78 is 19.5. The molecule has 0 amide bonds. The van der Waals surface area contributed by atoms with Crippen LogP contribution in [0.25, 0.3) is 0 Å². The van der Waals surface area contributed by atoms with Crippen LogP contribution in [0, 0.1) is 5.82 Å². The fraction of sp³-hybridized carbons (Fsp3) is 0.312. The summed E-state index contributed by atoms with van der Waals surface area (Å²) in [6.07, 6.45) is 2.98. The van der Waals surface area contributed by atoms with Crippen molar-refractivity contribution in [1.82, 2.24) is 10.3 Å². The first kappa shape index (κ1) is 15.7. The molecule has 21 heavy (non-hydrogen) atoms. The van der Waals surface area contributed by atoms with Gasteiger partial charge in [0, 0.05) is 24.3 Å². The van der Waals surface area contributed by atoms with E-state index in [0.717, 1.165) is 5.56 Å². The second-order valence-corrected chi connectivity index (χ2v) is 6.25. The van der Waals surface area contributed by atoms with Crippen LogP contribution in [0.5, 0.6) is 11.5 Å². The summed E-state index contributed by atoms with van der Waals surface area (Å²) in [5, 5.41) is 3.75. The molecule has 0 bridgehead atoms. The van der Waals surface area contributed by atoms with Crippen LogP contribution in [0.15, 0.2) is 36.7 Å². The number of aromatic nitrogens is 1.